The molecule has 1 atom stereocenters. The number of hydrogen-bond donors (Lipinski definition) is 1. The number of benzene rings is 1. The van der Waals surface area contributed by atoms with Gasteiger partial charge in [-0.05, 0) is 18.6 Å². The Hall–Kier alpha value is -1.40. The maximum absolute atomic E-state index is 12.6. The summed E-state index contributed by atoms with van der Waals surface area (Å²) in [5, 5.41) is 12.3. The number of nitrogens with zero attached hydrogens (tertiary/aromatic N) is 1. The van der Waals surface area contributed by atoms with Gasteiger partial charge >= 0.3 is 6.18 Å². The molecule has 2 nitrogen and oxygen atoms in total. The van der Waals surface area contributed by atoms with Crippen LogP contribution in [0, 0.1) is 6.92 Å². The smallest absolute Gasteiger partial charge is 0.386 e. The van der Waals surface area contributed by atoms with Crippen LogP contribution in [0.25, 0.3) is 0 Å². The number of aliphatic hydroxyl groups excluding tert-OH is 1. The van der Waals surface area contributed by atoms with Gasteiger partial charge in [-0.15, -0.1) is 11.3 Å². The zero-order chi connectivity index (χ0) is 14.0. The number of alkyl halides is 3. The molecule has 0 spiro atoms. The van der Waals surface area contributed by atoms with Crippen LogP contribution in [-0.4, -0.2) is 10.1 Å². The molecule has 6 heteroatoms. The van der Waals surface area contributed by atoms with Gasteiger partial charge in [0.25, 0.3) is 0 Å². The molecule has 102 valence electrons. The highest BCUT2D eigenvalue weighted by atomic mass is 32.1. The van der Waals surface area contributed by atoms with Crippen LogP contribution in [0.15, 0.2) is 29.6 Å². The van der Waals surface area contributed by atoms with Gasteiger partial charge in [0.05, 0.1) is 5.56 Å². The summed E-state index contributed by atoms with van der Waals surface area (Å²) in [6.45, 7) is 1.80. The Bertz CT molecular complexity index is 565. The van der Waals surface area contributed by atoms with E-state index >= 15 is 0 Å². The Labute approximate surface area is 112 Å². The van der Waals surface area contributed by atoms with E-state index in [9.17, 15) is 18.3 Å². The highest BCUT2D eigenvalue weighted by Crippen LogP contribution is 2.30. The lowest BCUT2D eigenvalue weighted by Crippen LogP contribution is -2.07. The minimum atomic E-state index is -4.36. The number of aliphatic hydroxyl groups is 1. The molecule has 0 aliphatic carbocycles. The molecule has 1 aromatic heterocycles. The minimum absolute atomic E-state index is 0.122. The third-order valence-electron chi connectivity index (χ3n) is 2.61. The molecule has 0 saturated heterocycles. The van der Waals surface area contributed by atoms with Gasteiger partial charge in [-0.3, -0.25) is 0 Å². The topological polar surface area (TPSA) is 33.1 Å². The van der Waals surface area contributed by atoms with Crippen molar-refractivity contribution in [2.75, 3.05) is 0 Å². The van der Waals surface area contributed by atoms with Crippen molar-refractivity contribution >= 4 is 11.3 Å². The minimum Gasteiger partial charge on any atom is -0.386 e. The van der Waals surface area contributed by atoms with E-state index in [1.165, 1.54) is 17.4 Å². The Kier molecular flexibility index (Phi) is 3.91. The molecule has 2 rings (SSSR count). The molecule has 0 aliphatic heterocycles. The first-order valence-corrected chi connectivity index (χ1v) is 6.50. The van der Waals surface area contributed by atoms with Crippen molar-refractivity contribution in [1.82, 2.24) is 4.98 Å². The van der Waals surface area contributed by atoms with Gasteiger partial charge in [-0.1, -0.05) is 18.2 Å². The van der Waals surface area contributed by atoms with Crippen molar-refractivity contribution in [3.8, 4) is 0 Å². The van der Waals surface area contributed by atoms with E-state index in [0.29, 0.717) is 10.6 Å². The predicted molar refractivity (Wildman–Crippen MR) is 67.0 cm³/mol. The summed E-state index contributed by atoms with van der Waals surface area (Å²) in [6, 6.07) is 4.99. The van der Waals surface area contributed by atoms with Crippen LogP contribution in [0.2, 0.25) is 0 Å². The molecule has 0 amide bonds. The number of halogens is 3. The first-order chi connectivity index (χ1) is 8.86. The third kappa shape index (κ3) is 3.54. The second-order valence-corrected chi connectivity index (χ2v) is 5.13. The number of aryl methyl sites for hydroxylation is 1. The quantitative estimate of drug-likeness (QED) is 0.932. The summed E-state index contributed by atoms with van der Waals surface area (Å²) in [5.41, 5.74) is 0.533. The molecule has 0 aliphatic rings. The van der Waals surface area contributed by atoms with E-state index in [0.717, 1.165) is 17.8 Å². The molecule has 0 fully saturated rings. The van der Waals surface area contributed by atoms with Crippen LogP contribution in [0.1, 0.15) is 27.9 Å². The summed E-state index contributed by atoms with van der Waals surface area (Å²) in [7, 11) is 0. The Morgan fingerprint density at radius 1 is 1.37 bits per heavy atom. The normalized spacial score (nSPS) is 13.5. The summed E-state index contributed by atoms with van der Waals surface area (Å²) in [4.78, 5) is 4.12. The number of aromatic nitrogens is 1. The summed E-state index contributed by atoms with van der Waals surface area (Å²) in [6.07, 6.45) is -5.11. The second-order valence-electron chi connectivity index (χ2n) is 4.25. The average molecular weight is 287 g/mol. The summed E-state index contributed by atoms with van der Waals surface area (Å²) < 4.78 is 37.7. The molecular weight excluding hydrogens is 275 g/mol. The van der Waals surface area contributed by atoms with Crippen molar-refractivity contribution in [3.05, 3.63) is 51.5 Å². The highest BCUT2D eigenvalue weighted by Gasteiger charge is 2.30. The Morgan fingerprint density at radius 3 is 2.68 bits per heavy atom. The molecule has 1 unspecified atom stereocenters. The van der Waals surface area contributed by atoms with E-state index in [2.05, 4.69) is 4.98 Å². The monoisotopic (exact) mass is 287 g/mol. The lowest BCUT2D eigenvalue weighted by Gasteiger charge is -2.11. The maximum Gasteiger partial charge on any atom is 0.416 e. The lowest BCUT2D eigenvalue weighted by molar-refractivity contribution is -0.137. The Morgan fingerprint density at radius 2 is 2.11 bits per heavy atom. The van der Waals surface area contributed by atoms with Crippen molar-refractivity contribution in [2.45, 2.75) is 25.6 Å². The fourth-order valence-electron chi connectivity index (χ4n) is 1.71. The van der Waals surface area contributed by atoms with E-state index in [1.54, 1.807) is 18.4 Å². The van der Waals surface area contributed by atoms with Gasteiger partial charge in [0.1, 0.15) is 11.1 Å². The van der Waals surface area contributed by atoms with Gasteiger partial charge in [-0.25, -0.2) is 4.98 Å². The number of rotatable bonds is 3. The summed E-state index contributed by atoms with van der Waals surface area (Å²) >= 11 is 1.30. The van der Waals surface area contributed by atoms with Crippen LogP contribution >= 0.6 is 11.3 Å². The van der Waals surface area contributed by atoms with E-state index < -0.39 is 17.8 Å². The molecule has 19 heavy (non-hydrogen) atoms. The first-order valence-electron chi connectivity index (χ1n) is 5.62. The molecule has 1 N–H and O–H groups in total. The molecule has 1 heterocycles. The molecular formula is C13H12F3NOS. The van der Waals surface area contributed by atoms with Crippen molar-refractivity contribution in [2.24, 2.45) is 0 Å². The van der Waals surface area contributed by atoms with Crippen molar-refractivity contribution < 1.29 is 18.3 Å². The van der Waals surface area contributed by atoms with Crippen LogP contribution in [-0.2, 0) is 12.6 Å². The number of thiazole rings is 1. The fraction of sp³-hybridized carbons (Fsp3) is 0.308. The SMILES string of the molecule is Cc1csc(C(O)Cc2cccc(C(F)(F)F)c2)n1. The van der Waals surface area contributed by atoms with Crippen molar-refractivity contribution in [3.63, 3.8) is 0 Å². The van der Waals surface area contributed by atoms with Gasteiger partial charge in [-0.2, -0.15) is 13.2 Å². The second kappa shape index (κ2) is 5.30. The van der Waals surface area contributed by atoms with Crippen LogP contribution in [0.4, 0.5) is 13.2 Å². The lowest BCUT2D eigenvalue weighted by atomic mass is 10.0. The predicted octanol–water partition coefficient (Wildman–Crippen LogP) is 3.75. The first kappa shape index (κ1) is 14.0. The van der Waals surface area contributed by atoms with Gasteiger partial charge in [0, 0.05) is 17.5 Å². The molecule has 0 saturated carbocycles. The number of hydrogen-bond acceptors (Lipinski definition) is 3. The zero-order valence-corrected chi connectivity index (χ0v) is 10.9. The van der Waals surface area contributed by atoms with E-state index in [1.807, 2.05) is 0 Å². The van der Waals surface area contributed by atoms with Crippen molar-refractivity contribution in [1.29, 1.82) is 0 Å². The molecule has 1 aromatic carbocycles. The molecule has 0 bridgehead atoms. The molecule has 0 radical (unpaired) electrons. The van der Waals surface area contributed by atoms with Gasteiger partial charge in [0.15, 0.2) is 0 Å². The van der Waals surface area contributed by atoms with Crippen LogP contribution in [0.5, 0.6) is 0 Å². The largest absolute Gasteiger partial charge is 0.416 e. The van der Waals surface area contributed by atoms with E-state index in [-0.39, 0.29) is 6.42 Å². The average Bonchev–Trinajstić information content (AvgIpc) is 2.75. The fourth-order valence-corrected chi connectivity index (χ4v) is 2.49. The van der Waals surface area contributed by atoms with Crippen LogP contribution in [0.3, 0.4) is 0 Å². The third-order valence-corrected chi connectivity index (χ3v) is 3.67. The van der Waals surface area contributed by atoms with Gasteiger partial charge < -0.3 is 5.11 Å². The standard InChI is InChI=1S/C13H12F3NOS/c1-8-7-19-12(17-8)11(18)6-9-3-2-4-10(5-9)13(14,15)16/h2-5,7,11,18H,6H2,1H3. The highest BCUT2D eigenvalue weighted by molar-refractivity contribution is 7.09. The van der Waals surface area contributed by atoms with E-state index in [4.69, 9.17) is 0 Å². The summed E-state index contributed by atoms with van der Waals surface area (Å²) in [5.74, 6) is 0. The van der Waals surface area contributed by atoms with Gasteiger partial charge in [0.2, 0.25) is 0 Å². The maximum atomic E-state index is 12.6. The molecule has 2 aromatic rings. The van der Waals surface area contributed by atoms with Crippen LogP contribution < -0.4 is 0 Å². The Balaban J connectivity index is 2.15. The zero-order valence-electron chi connectivity index (χ0n) is 10.1.